The number of rotatable bonds is 5. The zero-order valence-corrected chi connectivity index (χ0v) is 11.4. The molecule has 1 fully saturated rings. The average Bonchev–Trinajstić information content (AvgIpc) is 2.73. The highest BCUT2D eigenvalue weighted by Crippen LogP contribution is 2.29. The Morgan fingerprint density at radius 3 is 2.67 bits per heavy atom. The molecule has 1 heterocycles. The monoisotopic (exact) mass is 257 g/mol. The SMILES string of the molecule is CCN(C)CCNC(=O)N1CCC(C)(C(=O)O)C1. The van der Waals surface area contributed by atoms with Gasteiger partial charge in [0.25, 0.3) is 0 Å². The molecule has 1 saturated heterocycles. The van der Waals surface area contributed by atoms with Crippen molar-refractivity contribution in [1.29, 1.82) is 0 Å². The lowest BCUT2D eigenvalue weighted by Gasteiger charge is -2.21. The van der Waals surface area contributed by atoms with E-state index in [4.69, 9.17) is 5.11 Å². The number of urea groups is 1. The number of nitrogens with one attached hydrogen (secondary N) is 1. The molecule has 1 aliphatic rings. The molecule has 2 N–H and O–H groups in total. The van der Waals surface area contributed by atoms with Crippen molar-refractivity contribution in [1.82, 2.24) is 15.1 Å². The fourth-order valence-corrected chi connectivity index (χ4v) is 1.93. The largest absolute Gasteiger partial charge is 0.481 e. The molecule has 0 aromatic heterocycles. The van der Waals surface area contributed by atoms with Crippen LogP contribution in [0.1, 0.15) is 20.3 Å². The van der Waals surface area contributed by atoms with Gasteiger partial charge in [-0.25, -0.2) is 4.79 Å². The van der Waals surface area contributed by atoms with E-state index in [9.17, 15) is 9.59 Å². The van der Waals surface area contributed by atoms with E-state index in [1.165, 1.54) is 0 Å². The minimum Gasteiger partial charge on any atom is -0.481 e. The van der Waals surface area contributed by atoms with Crippen LogP contribution in [0, 0.1) is 5.41 Å². The molecule has 0 radical (unpaired) electrons. The molecule has 6 heteroatoms. The van der Waals surface area contributed by atoms with E-state index in [1.54, 1.807) is 11.8 Å². The van der Waals surface area contributed by atoms with Crippen LogP contribution >= 0.6 is 0 Å². The maximum absolute atomic E-state index is 11.8. The molecule has 104 valence electrons. The molecule has 6 nitrogen and oxygen atoms in total. The van der Waals surface area contributed by atoms with Crippen molar-refractivity contribution in [3.63, 3.8) is 0 Å². The summed E-state index contributed by atoms with van der Waals surface area (Å²) in [5.74, 6) is -0.830. The Balaban J connectivity index is 2.34. The standard InChI is InChI=1S/C12H23N3O3/c1-4-14(3)8-6-13-11(18)15-7-5-12(2,9-15)10(16)17/h4-9H2,1-3H3,(H,13,18)(H,16,17). The van der Waals surface area contributed by atoms with Gasteiger partial charge in [-0.1, -0.05) is 6.92 Å². The molecule has 1 unspecified atom stereocenters. The highest BCUT2D eigenvalue weighted by molar-refractivity contribution is 5.79. The Hall–Kier alpha value is -1.30. The average molecular weight is 257 g/mol. The Kier molecular flexibility index (Phi) is 4.95. The zero-order valence-electron chi connectivity index (χ0n) is 11.4. The summed E-state index contributed by atoms with van der Waals surface area (Å²) in [4.78, 5) is 26.6. The van der Waals surface area contributed by atoms with Gasteiger partial charge < -0.3 is 20.2 Å². The number of likely N-dealkylation sites (tertiary alicyclic amines) is 1. The van der Waals surface area contributed by atoms with E-state index in [0.717, 1.165) is 13.1 Å². The summed E-state index contributed by atoms with van der Waals surface area (Å²) in [7, 11) is 1.99. The number of hydrogen-bond acceptors (Lipinski definition) is 3. The maximum Gasteiger partial charge on any atom is 0.317 e. The molecule has 0 bridgehead atoms. The number of amides is 2. The second-order valence-electron chi connectivity index (χ2n) is 5.17. The third kappa shape index (κ3) is 3.60. The van der Waals surface area contributed by atoms with E-state index in [2.05, 4.69) is 17.1 Å². The van der Waals surface area contributed by atoms with Crippen LogP contribution in [-0.4, -0.2) is 66.7 Å². The molecule has 0 saturated carbocycles. The van der Waals surface area contributed by atoms with Crippen LogP contribution < -0.4 is 5.32 Å². The van der Waals surface area contributed by atoms with Gasteiger partial charge in [-0.05, 0) is 26.9 Å². The number of aliphatic carboxylic acids is 1. The molecular weight excluding hydrogens is 234 g/mol. The van der Waals surface area contributed by atoms with Gasteiger partial charge in [0.15, 0.2) is 0 Å². The van der Waals surface area contributed by atoms with Crippen LogP contribution in [0.5, 0.6) is 0 Å². The number of likely N-dealkylation sites (N-methyl/N-ethyl adjacent to an activating group) is 1. The van der Waals surface area contributed by atoms with Crippen molar-refractivity contribution < 1.29 is 14.7 Å². The summed E-state index contributed by atoms with van der Waals surface area (Å²) in [6.45, 7) is 6.87. The van der Waals surface area contributed by atoms with Crippen molar-refractivity contribution in [2.24, 2.45) is 5.41 Å². The fourth-order valence-electron chi connectivity index (χ4n) is 1.93. The Morgan fingerprint density at radius 1 is 1.50 bits per heavy atom. The molecule has 1 rings (SSSR count). The molecule has 0 spiro atoms. The van der Waals surface area contributed by atoms with Crippen LogP contribution in [0.4, 0.5) is 4.79 Å². The van der Waals surface area contributed by atoms with Crippen molar-refractivity contribution in [3.05, 3.63) is 0 Å². The summed E-state index contributed by atoms with van der Waals surface area (Å²) in [6.07, 6.45) is 0.518. The predicted molar refractivity (Wildman–Crippen MR) is 68.5 cm³/mol. The van der Waals surface area contributed by atoms with Crippen LogP contribution in [0.25, 0.3) is 0 Å². The number of hydrogen-bond donors (Lipinski definition) is 2. The first kappa shape index (κ1) is 14.8. The lowest BCUT2D eigenvalue weighted by molar-refractivity contribution is -0.146. The fraction of sp³-hybridized carbons (Fsp3) is 0.833. The smallest absolute Gasteiger partial charge is 0.317 e. The number of carboxylic acids is 1. The molecule has 0 aliphatic carbocycles. The molecule has 1 atom stereocenters. The van der Waals surface area contributed by atoms with Crippen molar-refractivity contribution >= 4 is 12.0 Å². The zero-order chi connectivity index (χ0) is 13.8. The first-order chi connectivity index (χ1) is 8.39. The lowest BCUT2D eigenvalue weighted by atomic mass is 9.90. The van der Waals surface area contributed by atoms with Crippen LogP contribution in [0.2, 0.25) is 0 Å². The van der Waals surface area contributed by atoms with Gasteiger partial charge in [-0.3, -0.25) is 4.79 Å². The number of carbonyl (C=O) groups is 2. The van der Waals surface area contributed by atoms with Crippen molar-refractivity contribution in [3.8, 4) is 0 Å². The maximum atomic E-state index is 11.8. The molecule has 2 amide bonds. The molecular formula is C12H23N3O3. The van der Waals surface area contributed by atoms with Crippen molar-refractivity contribution in [2.45, 2.75) is 20.3 Å². The second kappa shape index (κ2) is 6.04. The Morgan fingerprint density at radius 2 is 2.17 bits per heavy atom. The van der Waals surface area contributed by atoms with Gasteiger partial charge in [0.05, 0.1) is 5.41 Å². The summed E-state index contributed by atoms with van der Waals surface area (Å²) < 4.78 is 0. The summed E-state index contributed by atoms with van der Waals surface area (Å²) in [5.41, 5.74) is -0.794. The third-order valence-electron chi connectivity index (χ3n) is 3.59. The van der Waals surface area contributed by atoms with Crippen LogP contribution in [0.15, 0.2) is 0 Å². The van der Waals surface area contributed by atoms with Gasteiger partial charge in [0.1, 0.15) is 0 Å². The minimum absolute atomic E-state index is 0.163. The van der Waals surface area contributed by atoms with Gasteiger partial charge in [-0.2, -0.15) is 0 Å². The normalized spacial score (nSPS) is 23.4. The number of carbonyl (C=O) groups excluding carboxylic acids is 1. The predicted octanol–water partition coefficient (Wildman–Crippen LogP) is 0.444. The van der Waals surface area contributed by atoms with Crippen LogP contribution in [-0.2, 0) is 4.79 Å². The third-order valence-corrected chi connectivity index (χ3v) is 3.59. The summed E-state index contributed by atoms with van der Waals surface area (Å²) >= 11 is 0. The Labute approximate surface area is 108 Å². The van der Waals surface area contributed by atoms with Gasteiger partial charge in [0, 0.05) is 26.2 Å². The molecule has 0 aromatic rings. The minimum atomic E-state index is -0.830. The molecule has 0 aromatic carbocycles. The van der Waals surface area contributed by atoms with Gasteiger partial charge >= 0.3 is 12.0 Å². The molecule has 18 heavy (non-hydrogen) atoms. The summed E-state index contributed by atoms with van der Waals surface area (Å²) in [6, 6.07) is -0.163. The Bertz CT molecular complexity index is 322. The lowest BCUT2D eigenvalue weighted by Crippen LogP contribution is -2.43. The highest BCUT2D eigenvalue weighted by atomic mass is 16.4. The number of carboxylic acid groups (broad SMARTS) is 1. The second-order valence-corrected chi connectivity index (χ2v) is 5.17. The van der Waals surface area contributed by atoms with Crippen LogP contribution in [0.3, 0.4) is 0 Å². The van der Waals surface area contributed by atoms with E-state index in [0.29, 0.717) is 19.5 Å². The van der Waals surface area contributed by atoms with E-state index >= 15 is 0 Å². The van der Waals surface area contributed by atoms with Crippen molar-refractivity contribution in [2.75, 3.05) is 39.8 Å². The quantitative estimate of drug-likeness (QED) is 0.750. The van der Waals surface area contributed by atoms with E-state index < -0.39 is 11.4 Å². The topological polar surface area (TPSA) is 72.9 Å². The van der Waals surface area contributed by atoms with E-state index in [1.807, 2.05) is 7.05 Å². The highest BCUT2D eigenvalue weighted by Gasteiger charge is 2.42. The first-order valence-corrected chi connectivity index (χ1v) is 6.34. The summed E-state index contributed by atoms with van der Waals surface area (Å²) in [5, 5.41) is 11.9. The van der Waals surface area contributed by atoms with E-state index in [-0.39, 0.29) is 12.6 Å². The number of nitrogens with zero attached hydrogens (tertiary/aromatic N) is 2. The first-order valence-electron chi connectivity index (χ1n) is 6.34. The van der Waals surface area contributed by atoms with Gasteiger partial charge in [-0.15, -0.1) is 0 Å². The van der Waals surface area contributed by atoms with Gasteiger partial charge in [0.2, 0.25) is 0 Å². The molecule has 1 aliphatic heterocycles.